The number of thiocarbonyl (C=S) groups is 1. The average molecular weight is 360 g/mol. The fourth-order valence-electron chi connectivity index (χ4n) is 2.85. The molecule has 124 valence electrons. The number of hydrogen-bond acceptors (Lipinski definition) is 4. The molecule has 2 heterocycles. The molecule has 1 unspecified atom stereocenters. The molecular weight excluding hydrogens is 344 g/mol. The zero-order valence-corrected chi connectivity index (χ0v) is 14.9. The summed E-state index contributed by atoms with van der Waals surface area (Å²) >= 11 is 6.38. The van der Waals surface area contributed by atoms with E-state index in [1.807, 2.05) is 42.1 Å². The summed E-state index contributed by atoms with van der Waals surface area (Å²) in [6.45, 7) is 1.73. The fraction of sp³-hybridized carbons (Fsp3) is 0.235. The molecule has 0 aliphatic carbocycles. The molecule has 0 radical (unpaired) electrons. The van der Waals surface area contributed by atoms with Crippen molar-refractivity contribution in [2.45, 2.75) is 19.4 Å². The highest BCUT2D eigenvalue weighted by molar-refractivity contribution is 8.26. The third-order valence-electron chi connectivity index (χ3n) is 4.02. The van der Waals surface area contributed by atoms with Crippen molar-refractivity contribution in [1.29, 1.82) is 0 Å². The van der Waals surface area contributed by atoms with Crippen LogP contribution in [0.1, 0.15) is 18.9 Å². The van der Waals surface area contributed by atoms with E-state index in [-0.39, 0.29) is 5.91 Å². The third-order valence-corrected chi connectivity index (χ3v) is 5.35. The Bertz CT molecular complexity index is 885. The lowest BCUT2D eigenvalue weighted by molar-refractivity contribution is -0.145. The summed E-state index contributed by atoms with van der Waals surface area (Å²) in [4.78, 5) is 25.7. The largest absolute Gasteiger partial charge is 0.480 e. The van der Waals surface area contributed by atoms with Gasteiger partial charge in [0.1, 0.15) is 10.4 Å². The van der Waals surface area contributed by atoms with E-state index < -0.39 is 12.0 Å². The van der Waals surface area contributed by atoms with Gasteiger partial charge in [-0.15, -0.1) is 0 Å². The van der Waals surface area contributed by atoms with Gasteiger partial charge in [-0.3, -0.25) is 9.69 Å². The van der Waals surface area contributed by atoms with E-state index in [0.717, 1.165) is 28.2 Å². The van der Waals surface area contributed by atoms with Crippen LogP contribution >= 0.6 is 24.0 Å². The number of benzene rings is 1. The summed E-state index contributed by atoms with van der Waals surface area (Å²) in [5.41, 5.74) is 1.98. The molecule has 3 rings (SSSR count). The number of hydrogen-bond donors (Lipinski definition) is 1. The van der Waals surface area contributed by atoms with Gasteiger partial charge in [-0.1, -0.05) is 49.1 Å². The van der Waals surface area contributed by atoms with Crippen LogP contribution in [-0.2, 0) is 16.6 Å². The van der Waals surface area contributed by atoms with Gasteiger partial charge < -0.3 is 9.67 Å². The van der Waals surface area contributed by atoms with E-state index in [9.17, 15) is 14.7 Å². The minimum atomic E-state index is -1.04. The van der Waals surface area contributed by atoms with Crippen molar-refractivity contribution in [3.8, 4) is 0 Å². The van der Waals surface area contributed by atoms with Crippen LogP contribution in [0, 0.1) is 0 Å². The van der Waals surface area contributed by atoms with Gasteiger partial charge in [0.25, 0.3) is 5.91 Å². The molecule has 1 aromatic heterocycles. The van der Waals surface area contributed by atoms with Crippen molar-refractivity contribution in [2.24, 2.45) is 7.05 Å². The second kappa shape index (κ2) is 6.41. The molecule has 5 nitrogen and oxygen atoms in total. The van der Waals surface area contributed by atoms with E-state index in [1.54, 1.807) is 13.0 Å². The number of carbonyl (C=O) groups is 2. The molecular formula is C17H16N2O3S2. The number of carboxylic acids is 1. The number of thioether (sulfide) groups is 1. The molecule has 0 spiro atoms. The molecule has 1 aromatic carbocycles. The first-order chi connectivity index (χ1) is 11.4. The number of rotatable bonds is 4. The van der Waals surface area contributed by atoms with Crippen molar-refractivity contribution in [2.75, 3.05) is 0 Å². The highest BCUT2D eigenvalue weighted by atomic mass is 32.2. The quantitative estimate of drug-likeness (QED) is 0.670. The smallest absolute Gasteiger partial charge is 0.326 e. The van der Waals surface area contributed by atoms with Crippen LogP contribution < -0.4 is 0 Å². The lowest BCUT2D eigenvalue weighted by Gasteiger charge is -2.21. The molecule has 1 atom stereocenters. The normalized spacial score (nSPS) is 17.9. The maximum Gasteiger partial charge on any atom is 0.326 e. The molecule has 7 heteroatoms. The maximum absolute atomic E-state index is 12.6. The van der Waals surface area contributed by atoms with E-state index >= 15 is 0 Å². The summed E-state index contributed by atoms with van der Waals surface area (Å²) < 4.78 is 2.29. The zero-order chi connectivity index (χ0) is 17.4. The zero-order valence-electron chi connectivity index (χ0n) is 13.2. The number of amides is 1. The predicted octanol–water partition coefficient (Wildman–Crippen LogP) is 3.24. The van der Waals surface area contributed by atoms with Crippen LogP contribution in [0.2, 0.25) is 0 Å². The summed E-state index contributed by atoms with van der Waals surface area (Å²) in [5, 5.41) is 10.3. The molecule has 0 saturated carbocycles. The van der Waals surface area contributed by atoms with E-state index in [0.29, 0.717) is 15.6 Å². The Morgan fingerprint density at radius 2 is 2.12 bits per heavy atom. The van der Waals surface area contributed by atoms with Gasteiger partial charge in [0.2, 0.25) is 0 Å². The van der Waals surface area contributed by atoms with E-state index in [1.165, 1.54) is 4.90 Å². The van der Waals surface area contributed by atoms with Gasteiger partial charge >= 0.3 is 5.97 Å². The Hall–Kier alpha value is -2.12. The molecule has 24 heavy (non-hydrogen) atoms. The Labute approximate surface area is 148 Å². The molecule has 1 aliphatic heterocycles. The SMILES string of the molecule is CCC(C(=O)O)N1C(=O)C(=Cc2cn(C)c3ccccc23)SC1=S. The number of para-hydroxylation sites is 1. The highest BCUT2D eigenvalue weighted by Crippen LogP contribution is 2.35. The standard InChI is InChI=1S/C17H16N2O3S2/c1-3-12(16(21)22)19-15(20)14(24-17(19)23)8-10-9-18(2)13-7-5-4-6-11(10)13/h4-9,12H,3H2,1-2H3,(H,21,22). The minimum absolute atomic E-state index is 0.292. The predicted molar refractivity (Wildman–Crippen MR) is 99.6 cm³/mol. The lowest BCUT2D eigenvalue weighted by Crippen LogP contribution is -2.43. The van der Waals surface area contributed by atoms with E-state index in [4.69, 9.17) is 12.2 Å². The first-order valence-corrected chi connectivity index (χ1v) is 8.70. The summed E-state index contributed by atoms with van der Waals surface area (Å²) in [5.74, 6) is -1.38. The summed E-state index contributed by atoms with van der Waals surface area (Å²) in [6.07, 6.45) is 4.05. The van der Waals surface area contributed by atoms with Gasteiger partial charge in [-0.05, 0) is 18.6 Å². The van der Waals surface area contributed by atoms with Crippen LogP contribution in [0.3, 0.4) is 0 Å². The van der Waals surface area contributed by atoms with Crippen molar-refractivity contribution in [1.82, 2.24) is 9.47 Å². The van der Waals surface area contributed by atoms with Crippen molar-refractivity contribution < 1.29 is 14.7 Å². The fourth-order valence-corrected chi connectivity index (χ4v) is 4.19. The number of aromatic nitrogens is 1. The van der Waals surface area contributed by atoms with Gasteiger partial charge in [-0.2, -0.15) is 0 Å². The second-order valence-corrected chi connectivity index (χ2v) is 7.20. The first kappa shape index (κ1) is 16.7. The van der Waals surface area contributed by atoms with Gasteiger partial charge in [0, 0.05) is 29.7 Å². The molecule has 1 saturated heterocycles. The van der Waals surface area contributed by atoms with Gasteiger partial charge in [0.15, 0.2) is 0 Å². The number of carboxylic acid groups (broad SMARTS) is 1. The first-order valence-electron chi connectivity index (χ1n) is 7.48. The van der Waals surface area contributed by atoms with Crippen LogP contribution in [-0.4, -0.2) is 36.8 Å². The van der Waals surface area contributed by atoms with Gasteiger partial charge in [-0.25, -0.2) is 4.79 Å². The van der Waals surface area contributed by atoms with Crippen LogP contribution in [0.5, 0.6) is 0 Å². The molecule has 0 bridgehead atoms. The monoisotopic (exact) mass is 360 g/mol. The Morgan fingerprint density at radius 1 is 1.42 bits per heavy atom. The molecule has 1 amide bonds. The summed E-state index contributed by atoms with van der Waals surface area (Å²) in [7, 11) is 1.95. The van der Waals surface area contributed by atoms with Crippen LogP contribution in [0.25, 0.3) is 17.0 Å². The number of fused-ring (bicyclic) bond motifs is 1. The molecule has 2 aromatic rings. The number of aliphatic carboxylic acids is 1. The topological polar surface area (TPSA) is 62.5 Å². The van der Waals surface area contributed by atoms with Crippen molar-refractivity contribution in [3.05, 3.63) is 40.9 Å². The molecule has 1 fully saturated rings. The number of nitrogens with zero attached hydrogens (tertiary/aromatic N) is 2. The van der Waals surface area contributed by atoms with Crippen molar-refractivity contribution >= 4 is 57.2 Å². The van der Waals surface area contributed by atoms with Crippen molar-refractivity contribution in [3.63, 3.8) is 0 Å². The highest BCUT2D eigenvalue weighted by Gasteiger charge is 2.39. The Kier molecular flexibility index (Phi) is 4.47. The molecule has 1 aliphatic rings. The number of carbonyl (C=O) groups excluding carboxylic acids is 1. The Morgan fingerprint density at radius 3 is 2.79 bits per heavy atom. The minimum Gasteiger partial charge on any atom is -0.480 e. The second-order valence-electron chi connectivity index (χ2n) is 5.53. The Balaban J connectivity index is 2.01. The molecule has 1 N–H and O–H groups in total. The lowest BCUT2D eigenvalue weighted by atomic mass is 10.1. The van der Waals surface area contributed by atoms with Crippen LogP contribution in [0.15, 0.2) is 35.4 Å². The van der Waals surface area contributed by atoms with Crippen LogP contribution in [0.4, 0.5) is 0 Å². The summed E-state index contributed by atoms with van der Waals surface area (Å²) in [6, 6.07) is 6.99. The van der Waals surface area contributed by atoms with Gasteiger partial charge in [0.05, 0.1) is 4.91 Å². The van der Waals surface area contributed by atoms with E-state index in [2.05, 4.69) is 0 Å². The maximum atomic E-state index is 12.6. The third kappa shape index (κ3) is 2.74. The number of aryl methyl sites for hydroxylation is 1. The average Bonchev–Trinajstić information content (AvgIpc) is 3.00.